The molecule has 6 aromatic rings. The molecular weight excluding hydrogens is 551 g/mol. The van der Waals surface area contributed by atoms with Gasteiger partial charge in [-0.1, -0.05) is 77.7 Å². The van der Waals surface area contributed by atoms with Crippen LogP contribution in [0.5, 0.6) is 0 Å². The van der Waals surface area contributed by atoms with Gasteiger partial charge in [0.05, 0.1) is 26.7 Å². The summed E-state index contributed by atoms with van der Waals surface area (Å²) in [5, 5.41) is 7.28. The summed E-state index contributed by atoms with van der Waals surface area (Å²) < 4.78 is 7.27. The lowest BCUT2D eigenvalue weighted by atomic mass is 10.1. The monoisotopic (exact) mass is 578 g/mol. The Kier molecular flexibility index (Phi) is 6.38. The van der Waals surface area contributed by atoms with Gasteiger partial charge in [0.25, 0.3) is 10.6 Å². The van der Waals surface area contributed by atoms with Crippen molar-refractivity contribution in [3.8, 4) is 0 Å². The third kappa shape index (κ3) is 4.03. The van der Waals surface area contributed by atoms with E-state index in [1.165, 1.54) is 42.3 Å². The largest absolute Gasteiger partial charge is 0.338 e. The Bertz CT molecular complexity index is 2170. The molecule has 0 atom stereocenters. The lowest BCUT2D eigenvalue weighted by Crippen LogP contribution is -2.35. The SMILES string of the molecule is CCn1c(=O)/c(=C/C=C2\Sc3ccc4ccccc4c3N2C)s/c1=C/c1sc2ccc3ccccc3c2[n+]1CC. The number of hydrogen-bond acceptors (Lipinski definition) is 5. The first kappa shape index (κ1) is 25.3. The first-order chi connectivity index (χ1) is 19.6. The highest BCUT2D eigenvalue weighted by Crippen LogP contribution is 2.48. The molecule has 0 saturated heterocycles. The average molecular weight is 579 g/mol. The molecule has 7 rings (SSSR count). The number of benzene rings is 4. The number of allylic oxidation sites excluding steroid dienone is 1. The van der Waals surface area contributed by atoms with Crippen molar-refractivity contribution >= 4 is 84.0 Å². The van der Waals surface area contributed by atoms with Crippen LogP contribution < -0.4 is 24.2 Å². The average Bonchev–Trinajstić information content (AvgIpc) is 3.61. The van der Waals surface area contributed by atoms with E-state index in [0.717, 1.165) is 25.8 Å². The quantitative estimate of drug-likeness (QED) is 0.225. The standard InChI is InChI=1S/C33H28N3OS3/c1-4-35-29(39-26-17-15-22-11-7-9-13-24(22)32(26)35)20-30-36(5-2)33(37)27(40-30)18-19-28-34(3)31-23-12-8-6-10-21(23)14-16-25(31)38-28/h6-20H,4-5H2,1-3H3/q+1/b27-18-,28-19-. The summed E-state index contributed by atoms with van der Waals surface area (Å²) in [4.78, 5) is 16.9. The number of aromatic nitrogens is 2. The molecule has 0 spiro atoms. The molecule has 0 fully saturated rings. The van der Waals surface area contributed by atoms with Gasteiger partial charge in [-0.2, -0.15) is 4.57 Å². The second-order valence-electron chi connectivity index (χ2n) is 9.78. The first-order valence-corrected chi connectivity index (χ1v) is 15.9. The van der Waals surface area contributed by atoms with Crippen LogP contribution in [-0.2, 0) is 13.1 Å². The highest BCUT2D eigenvalue weighted by molar-refractivity contribution is 8.03. The highest BCUT2D eigenvalue weighted by Gasteiger charge is 2.24. The number of fused-ring (bicyclic) bond motifs is 6. The van der Waals surface area contributed by atoms with E-state index in [1.54, 1.807) is 34.4 Å². The fourth-order valence-corrected chi connectivity index (χ4v) is 8.98. The second kappa shape index (κ2) is 10.1. The lowest BCUT2D eigenvalue weighted by molar-refractivity contribution is -0.664. The molecule has 0 radical (unpaired) electrons. The van der Waals surface area contributed by atoms with Crippen molar-refractivity contribution in [3.05, 3.63) is 108 Å². The van der Waals surface area contributed by atoms with Gasteiger partial charge >= 0.3 is 0 Å². The van der Waals surface area contributed by atoms with Crippen LogP contribution in [-0.4, -0.2) is 11.6 Å². The van der Waals surface area contributed by atoms with E-state index in [0.29, 0.717) is 6.54 Å². The maximum atomic E-state index is 13.5. The summed E-state index contributed by atoms with van der Waals surface area (Å²) in [5.41, 5.74) is 2.57. The van der Waals surface area contributed by atoms with Crippen LogP contribution in [0.2, 0.25) is 0 Å². The van der Waals surface area contributed by atoms with E-state index in [4.69, 9.17) is 0 Å². The van der Waals surface area contributed by atoms with Gasteiger partial charge in [0.15, 0.2) is 0 Å². The Balaban J connectivity index is 1.33. The summed E-state index contributed by atoms with van der Waals surface area (Å²) in [7, 11) is 2.11. The fraction of sp³-hybridized carbons (Fsp3) is 0.152. The smallest absolute Gasteiger partial charge is 0.269 e. The molecule has 7 heteroatoms. The molecule has 1 aliphatic heterocycles. The van der Waals surface area contributed by atoms with Gasteiger partial charge in [-0.05, 0) is 55.0 Å². The molecule has 3 heterocycles. The number of thioether (sulfide) groups is 1. The second-order valence-corrected chi connectivity index (χ2v) is 13.0. The number of aryl methyl sites for hydroxylation is 1. The number of anilines is 1. The Morgan fingerprint density at radius 2 is 1.57 bits per heavy atom. The summed E-state index contributed by atoms with van der Waals surface area (Å²) in [6.45, 7) is 5.74. The van der Waals surface area contributed by atoms with Gasteiger partial charge in [-0.3, -0.25) is 9.36 Å². The van der Waals surface area contributed by atoms with Crippen molar-refractivity contribution in [1.82, 2.24) is 4.57 Å². The zero-order chi connectivity index (χ0) is 27.4. The normalized spacial score (nSPS) is 15.4. The minimum atomic E-state index is 0.0684. The van der Waals surface area contributed by atoms with Crippen molar-refractivity contribution in [1.29, 1.82) is 0 Å². The molecule has 198 valence electrons. The molecular formula is C33H28N3OS3+. The summed E-state index contributed by atoms with van der Waals surface area (Å²) in [6.07, 6.45) is 6.28. The minimum Gasteiger partial charge on any atom is -0.338 e. The Morgan fingerprint density at radius 1 is 0.850 bits per heavy atom. The Hall–Kier alpha value is -3.65. The van der Waals surface area contributed by atoms with Crippen molar-refractivity contribution in [2.24, 2.45) is 0 Å². The van der Waals surface area contributed by atoms with Crippen LogP contribution in [0.25, 0.3) is 43.9 Å². The topological polar surface area (TPSA) is 29.1 Å². The van der Waals surface area contributed by atoms with Crippen molar-refractivity contribution in [3.63, 3.8) is 0 Å². The zero-order valence-corrected chi connectivity index (χ0v) is 25.0. The molecule has 40 heavy (non-hydrogen) atoms. The van der Waals surface area contributed by atoms with Crippen LogP contribution in [0, 0.1) is 0 Å². The molecule has 0 aliphatic carbocycles. The van der Waals surface area contributed by atoms with Crippen molar-refractivity contribution < 1.29 is 4.57 Å². The minimum absolute atomic E-state index is 0.0684. The molecule has 4 aromatic carbocycles. The van der Waals surface area contributed by atoms with Crippen molar-refractivity contribution in [2.75, 3.05) is 11.9 Å². The Labute approximate surface area is 244 Å². The van der Waals surface area contributed by atoms with E-state index in [-0.39, 0.29) is 5.56 Å². The van der Waals surface area contributed by atoms with Crippen LogP contribution in [0.15, 0.2) is 93.6 Å². The van der Waals surface area contributed by atoms with Gasteiger partial charge in [-0.15, -0.1) is 11.3 Å². The number of nitrogens with zero attached hydrogens (tertiary/aromatic N) is 3. The summed E-state index contributed by atoms with van der Waals surface area (Å²) in [5.74, 6) is 0. The molecule has 0 amide bonds. The van der Waals surface area contributed by atoms with E-state index >= 15 is 0 Å². The predicted octanol–water partition coefficient (Wildman–Crippen LogP) is 6.45. The van der Waals surface area contributed by atoms with E-state index in [1.807, 2.05) is 17.6 Å². The fourth-order valence-electron chi connectivity index (χ4n) is 5.61. The molecule has 0 bridgehead atoms. The maximum absolute atomic E-state index is 13.5. The lowest BCUT2D eigenvalue weighted by Gasteiger charge is -2.15. The predicted molar refractivity (Wildman–Crippen MR) is 173 cm³/mol. The van der Waals surface area contributed by atoms with E-state index < -0.39 is 0 Å². The van der Waals surface area contributed by atoms with Gasteiger partial charge < -0.3 is 4.90 Å². The molecule has 0 saturated carbocycles. The van der Waals surface area contributed by atoms with E-state index in [2.05, 4.69) is 108 Å². The maximum Gasteiger partial charge on any atom is 0.269 e. The zero-order valence-electron chi connectivity index (χ0n) is 22.5. The van der Waals surface area contributed by atoms with Crippen LogP contribution in [0.1, 0.15) is 18.9 Å². The van der Waals surface area contributed by atoms with Gasteiger partial charge in [0.1, 0.15) is 15.9 Å². The van der Waals surface area contributed by atoms with Crippen molar-refractivity contribution in [2.45, 2.75) is 31.8 Å². The Morgan fingerprint density at radius 3 is 2.35 bits per heavy atom. The molecule has 0 unspecified atom stereocenters. The van der Waals surface area contributed by atoms with Gasteiger partial charge in [0.2, 0.25) is 5.52 Å². The third-order valence-corrected chi connectivity index (χ3v) is 10.9. The third-order valence-electron chi connectivity index (χ3n) is 7.55. The van der Waals surface area contributed by atoms with Crippen LogP contribution in [0.3, 0.4) is 0 Å². The number of hydrogen-bond donors (Lipinski definition) is 0. The molecule has 4 nitrogen and oxygen atoms in total. The van der Waals surface area contributed by atoms with Crippen LogP contribution in [0.4, 0.5) is 5.69 Å². The molecule has 0 N–H and O–H groups in total. The van der Waals surface area contributed by atoms with Crippen LogP contribution >= 0.6 is 34.4 Å². The highest BCUT2D eigenvalue weighted by atomic mass is 32.2. The summed E-state index contributed by atoms with van der Waals surface area (Å²) in [6, 6.07) is 25.9. The number of rotatable bonds is 4. The van der Waals surface area contributed by atoms with Gasteiger partial charge in [-0.25, -0.2) is 0 Å². The molecule has 1 aliphatic rings. The summed E-state index contributed by atoms with van der Waals surface area (Å²) >= 11 is 5.11. The van der Waals surface area contributed by atoms with Gasteiger partial charge in [0, 0.05) is 23.9 Å². The first-order valence-electron chi connectivity index (χ1n) is 13.5. The number of thiazole rings is 2. The van der Waals surface area contributed by atoms with E-state index in [9.17, 15) is 4.79 Å². The molecule has 2 aromatic heterocycles.